The summed E-state index contributed by atoms with van der Waals surface area (Å²) in [6, 6.07) is 5.05. The lowest BCUT2D eigenvalue weighted by molar-refractivity contribution is -0.490. The fraction of sp³-hybridized carbons (Fsp3) is 0.273. The molecule has 2 rings (SSSR count). The average Bonchev–Trinajstić information content (AvgIpc) is 2.55. The topological polar surface area (TPSA) is 81.8 Å². The molecule has 0 spiro atoms. The molecule has 0 saturated carbocycles. The molecule has 1 unspecified atom stereocenters. The monoisotopic (exact) mass is 249 g/mol. The Balaban J connectivity index is 2.37. The van der Waals surface area contributed by atoms with Gasteiger partial charge in [0.2, 0.25) is 6.54 Å². The minimum atomic E-state index is -1.21. The maximum Gasteiger partial charge on any atom is 0.496 e. The first-order chi connectivity index (χ1) is 8.49. The molecular weight excluding hydrogens is 237 g/mol. The first kappa shape index (κ1) is 12.6. The molecule has 7 heteroatoms. The smallest absolute Gasteiger partial charge is 0.463 e. The molecule has 1 aliphatic heterocycles. The summed E-state index contributed by atoms with van der Waals surface area (Å²) in [4.78, 5) is 10.1. The number of fused-ring (bicyclic) bond motifs is 1. The summed E-state index contributed by atoms with van der Waals surface area (Å²) in [6.45, 7) is 4.90. The van der Waals surface area contributed by atoms with E-state index in [0.717, 1.165) is 0 Å². The van der Waals surface area contributed by atoms with Gasteiger partial charge in [0.25, 0.3) is 0 Å². The van der Waals surface area contributed by atoms with E-state index >= 15 is 0 Å². The lowest BCUT2D eigenvalue weighted by Crippen LogP contribution is -2.29. The van der Waals surface area contributed by atoms with Gasteiger partial charge in [0.15, 0.2) is 0 Å². The van der Waals surface area contributed by atoms with Crippen LogP contribution in [0.4, 0.5) is 0 Å². The van der Waals surface area contributed by atoms with Crippen LogP contribution in [0, 0.1) is 10.1 Å². The molecule has 1 N–H and O–H groups in total. The van der Waals surface area contributed by atoms with Gasteiger partial charge in [0.1, 0.15) is 11.9 Å². The van der Waals surface area contributed by atoms with E-state index in [1.54, 1.807) is 25.1 Å². The fourth-order valence-corrected chi connectivity index (χ4v) is 1.96. The Kier molecular flexibility index (Phi) is 3.35. The van der Waals surface area contributed by atoms with E-state index in [1.165, 1.54) is 0 Å². The Labute approximate surface area is 104 Å². The predicted octanol–water partition coefficient (Wildman–Crippen LogP) is 0.635. The van der Waals surface area contributed by atoms with Gasteiger partial charge in [-0.05, 0) is 18.6 Å². The summed E-state index contributed by atoms with van der Waals surface area (Å²) < 4.78 is 10.5. The van der Waals surface area contributed by atoms with Crippen molar-refractivity contribution in [3.8, 4) is 5.75 Å². The molecule has 0 radical (unpaired) electrons. The molecule has 1 atom stereocenters. The van der Waals surface area contributed by atoms with Crippen LogP contribution in [-0.2, 0) is 4.65 Å². The fourth-order valence-electron chi connectivity index (χ4n) is 1.96. The maximum absolute atomic E-state index is 10.5. The standard InChI is InChI=1S/C11H12BNO5/c1-7(2)17-9-5-3-4-8-10(6-13(15)16)18-12(14)11(8)9/h3-5,10,14H,1,6H2,2H3. The van der Waals surface area contributed by atoms with Crippen molar-refractivity contribution in [1.29, 1.82) is 0 Å². The summed E-state index contributed by atoms with van der Waals surface area (Å²) >= 11 is 0. The lowest BCUT2D eigenvalue weighted by Gasteiger charge is -2.10. The molecule has 0 amide bonds. The molecule has 0 bridgehead atoms. The van der Waals surface area contributed by atoms with Crippen LogP contribution in [0.15, 0.2) is 30.5 Å². The van der Waals surface area contributed by atoms with Crippen LogP contribution in [0.2, 0.25) is 0 Å². The summed E-state index contributed by atoms with van der Waals surface area (Å²) in [5.41, 5.74) is 1.02. The number of rotatable bonds is 4. The van der Waals surface area contributed by atoms with Crippen molar-refractivity contribution in [3.63, 3.8) is 0 Å². The predicted molar refractivity (Wildman–Crippen MR) is 65.2 cm³/mol. The molecule has 0 saturated heterocycles. The molecule has 0 aliphatic carbocycles. The zero-order chi connectivity index (χ0) is 13.3. The third-order valence-corrected chi connectivity index (χ3v) is 2.59. The molecular formula is C11H12BNO5. The number of ether oxygens (including phenoxy) is 1. The minimum Gasteiger partial charge on any atom is -0.463 e. The second kappa shape index (κ2) is 4.79. The number of hydrogen-bond acceptors (Lipinski definition) is 5. The number of hydrogen-bond donors (Lipinski definition) is 1. The number of allylic oxidation sites excluding steroid dienone is 1. The quantitative estimate of drug-likeness (QED) is 0.366. The van der Waals surface area contributed by atoms with Crippen LogP contribution in [0.25, 0.3) is 0 Å². The van der Waals surface area contributed by atoms with E-state index in [9.17, 15) is 15.1 Å². The van der Waals surface area contributed by atoms with E-state index in [0.29, 0.717) is 22.5 Å². The Morgan fingerprint density at radius 2 is 2.44 bits per heavy atom. The van der Waals surface area contributed by atoms with Crippen LogP contribution >= 0.6 is 0 Å². The average molecular weight is 249 g/mol. The Bertz CT molecular complexity index is 504. The molecule has 1 aromatic carbocycles. The molecule has 1 aliphatic rings. The zero-order valence-electron chi connectivity index (χ0n) is 9.83. The van der Waals surface area contributed by atoms with E-state index in [4.69, 9.17) is 9.39 Å². The van der Waals surface area contributed by atoms with E-state index in [-0.39, 0.29) is 6.54 Å². The maximum atomic E-state index is 10.5. The van der Waals surface area contributed by atoms with Gasteiger partial charge in [0.05, 0.1) is 5.76 Å². The van der Waals surface area contributed by atoms with Crippen molar-refractivity contribution in [2.75, 3.05) is 6.54 Å². The summed E-state index contributed by atoms with van der Waals surface area (Å²) in [7, 11) is -1.21. The van der Waals surface area contributed by atoms with Crippen LogP contribution < -0.4 is 10.2 Å². The van der Waals surface area contributed by atoms with E-state index < -0.39 is 18.1 Å². The third kappa shape index (κ3) is 2.37. The molecule has 0 fully saturated rings. The van der Waals surface area contributed by atoms with Crippen LogP contribution in [-0.4, -0.2) is 23.6 Å². The van der Waals surface area contributed by atoms with Crippen molar-refractivity contribution in [2.45, 2.75) is 13.0 Å². The highest BCUT2D eigenvalue weighted by Gasteiger charge is 2.40. The largest absolute Gasteiger partial charge is 0.496 e. The van der Waals surface area contributed by atoms with Crippen LogP contribution in [0.5, 0.6) is 5.75 Å². The Hall–Kier alpha value is -1.86. The third-order valence-electron chi connectivity index (χ3n) is 2.59. The van der Waals surface area contributed by atoms with Gasteiger partial charge in [0, 0.05) is 10.4 Å². The zero-order valence-corrected chi connectivity index (χ0v) is 9.83. The van der Waals surface area contributed by atoms with Crippen molar-refractivity contribution >= 4 is 12.6 Å². The summed E-state index contributed by atoms with van der Waals surface area (Å²) in [5.74, 6) is 0.881. The number of nitrogens with zero attached hydrogens (tertiary/aromatic N) is 1. The molecule has 94 valence electrons. The van der Waals surface area contributed by atoms with Gasteiger partial charge >= 0.3 is 7.12 Å². The SMILES string of the molecule is C=C(C)Oc1cccc2c1B(O)OC2C[N+](=O)[O-]. The number of nitro groups is 1. The van der Waals surface area contributed by atoms with Crippen molar-refractivity contribution in [2.24, 2.45) is 0 Å². The molecule has 6 nitrogen and oxygen atoms in total. The highest BCUT2D eigenvalue weighted by Crippen LogP contribution is 2.28. The van der Waals surface area contributed by atoms with E-state index in [1.807, 2.05) is 0 Å². The van der Waals surface area contributed by atoms with Gasteiger partial charge in [-0.3, -0.25) is 10.1 Å². The first-order valence-electron chi connectivity index (χ1n) is 5.40. The van der Waals surface area contributed by atoms with Crippen molar-refractivity contribution in [3.05, 3.63) is 46.2 Å². The molecule has 1 heterocycles. The van der Waals surface area contributed by atoms with Gasteiger partial charge in [-0.2, -0.15) is 0 Å². The normalized spacial score (nSPS) is 17.4. The van der Waals surface area contributed by atoms with Gasteiger partial charge in [-0.15, -0.1) is 0 Å². The first-order valence-corrected chi connectivity index (χ1v) is 5.40. The molecule has 1 aromatic rings. The van der Waals surface area contributed by atoms with Crippen LogP contribution in [0.1, 0.15) is 18.6 Å². The summed E-state index contributed by atoms with van der Waals surface area (Å²) in [6.07, 6.45) is -0.751. The van der Waals surface area contributed by atoms with Crippen molar-refractivity contribution < 1.29 is 19.3 Å². The van der Waals surface area contributed by atoms with Gasteiger partial charge < -0.3 is 14.4 Å². The van der Waals surface area contributed by atoms with Crippen LogP contribution in [0.3, 0.4) is 0 Å². The number of benzene rings is 1. The van der Waals surface area contributed by atoms with Gasteiger partial charge in [-0.1, -0.05) is 18.7 Å². The van der Waals surface area contributed by atoms with E-state index in [2.05, 4.69) is 6.58 Å². The minimum absolute atomic E-state index is 0.388. The second-order valence-corrected chi connectivity index (χ2v) is 4.06. The highest BCUT2D eigenvalue weighted by molar-refractivity contribution is 6.62. The highest BCUT2D eigenvalue weighted by atomic mass is 16.6. The molecule has 18 heavy (non-hydrogen) atoms. The Morgan fingerprint density at radius 3 is 3.06 bits per heavy atom. The molecule has 0 aromatic heterocycles. The summed E-state index contributed by atoms with van der Waals surface area (Å²) in [5, 5.41) is 20.3. The van der Waals surface area contributed by atoms with Crippen molar-refractivity contribution in [1.82, 2.24) is 0 Å². The lowest BCUT2D eigenvalue weighted by atomic mass is 9.78. The second-order valence-electron chi connectivity index (χ2n) is 4.06. The van der Waals surface area contributed by atoms with Gasteiger partial charge in [-0.25, -0.2) is 0 Å². The Morgan fingerprint density at radius 1 is 1.72 bits per heavy atom.